The number of furan rings is 1. The highest BCUT2D eigenvalue weighted by atomic mass is 16.3. The Labute approximate surface area is 110 Å². The molecule has 0 bridgehead atoms. The van der Waals surface area contributed by atoms with Gasteiger partial charge in [0.2, 0.25) is 0 Å². The predicted octanol–water partition coefficient (Wildman–Crippen LogP) is 3.64. The Kier molecular flexibility index (Phi) is 3.11. The lowest BCUT2D eigenvalue weighted by atomic mass is 10.1. The van der Waals surface area contributed by atoms with Crippen LogP contribution in [0, 0.1) is 0 Å². The third-order valence-electron chi connectivity index (χ3n) is 3.03. The van der Waals surface area contributed by atoms with E-state index >= 15 is 0 Å². The van der Waals surface area contributed by atoms with E-state index in [1.165, 1.54) is 0 Å². The number of benzene rings is 1. The number of hydrogen-bond acceptors (Lipinski definition) is 3. The van der Waals surface area contributed by atoms with E-state index in [9.17, 15) is 4.79 Å². The number of ketones is 1. The zero-order valence-electron chi connectivity index (χ0n) is 10.4. The highest BCUT2D eigenvalue weighted by Gasteiger charge is 2.12. The second-order valence-corrected chi connectivity index (χ2v) is 4.39. The average molecular weight is 251 g/mol. The fraction of sp³-hybridized carbons (Fsp3) is 0.125. The topological polar surface area (TPSA) is 43.1 Å². The normalized spacial score (nSPS) is 10.7. The lowest BCUT2D eigenvalue weighted by molar-refractivity contribution is 0.0958. The Hall–Kier alpha value is -2.42. The van der Waals surface area contributed by atoms with Gasteiger partial charge in [0.15, 0.2) is 11.5 Å². The molecule has 0 fully saturated rings. The lowest BCUT2D eigenvalue weighted by Crippen LogP contribution is -2.00. The lowest BCUT2D eigenvalue weighted by Gasteiger charge is -1.97. The van der Waals surface area contributed by atoms with Crippen molar-refractivity contribution in [1.29, 1.82) is 0 Å². The summed E-state index contributed by atoms with van der Waals surface area (Å²) in [6.07, 6.45) is 2.79. The van der Waals surface area contributed by atoms with Crippen LogP contribution in [0.5, 0.6) is 0 Å². The number of rotatable bonds is 4. The van der Waals surface area contributed by atoms with E-state index in [4.69, 9.17) is 4.42 Å². The SMILES string of the molecule is O=C(CCc1ccccn1)c1cc2ccccc2o1. The number of carbonyl (C=O) groups is 1. The van der Waals surface area contributed by atoms with Crippen LogP contribution >= 0.6 is 0 Å². The number of Topliss-reactive ketones (excluding diaryl/α,β-unsaturated/α-hetero) is 1. The van der Waals surface area contributed by atoms with Gasteiger partial charge in [-0.05, 0) is 30.7 Å². The molecule has 0 N–H and O–H groups in total. The van der Waals surface area contributed by atoms with Crippen molar-refractivity contribution in [2.45, 2.75) is 12.8 Å². The number of carbonyl (C=O) groups excluding carboxylic acids is 1. The molecule has 3 heteroatoms. The first-order chi connectivity index (χ1) is 9.33. The third kappa shape index (κ3) is 2.55. The van der Waals surface area contributed by atoms with Crippen molar-refractivity contribution >= 4 is 16.8 Å². The molecule has 94 valence electrons. The van der Waals surface area contributed by atoms with Gasteiger partial charge in [-0.25, -0.2) is 0 Å². The van der Waals surface area contributed by atoms with Gasteiger partial charge in [-0.3, -0.25) is 9.78 Å². The summed E-state index contributed by atoms with van der Waals surface area (Å²) in [6, 6.07) is 15.1. The summed E-state index contributed by atoms with van der Waals surface area (Å²) in [5.41, 5.74) is 1.68. The summed E-state index contributed by atoms with van der Waals surface area (Å²) < 4.78 is 5.55. The van der Waals surface area contributed by atoms with Crippen LogP contribution in [0.15, 0.2) is 59.1 Å². The van der Waals surface area contributed by atoms with Gasteiger partial charge in [0, 0.05) is 23.7 Å². The van der Waals surface area contributed by atoms with Crippen molar-refractivity contribution in [2.24, 2.45) is 0 Å². The van der Waals surface area contributed by atoms with Gasteiger partial charge in [0.1, 0.15) is 5.58 Å². The average Bonchev–Trinajstić information content (AvgIpc) is 2.90. The van der Waals surface area contributed by atoms with Crippen molar-refractivity contribution in [2.75, 3.05) is 0 Å². The molecule has 0 saturated carbocycles. The predicted molar refractivity (Wildman–Crippen MR) is 73.1 cm³/mol. The van der Waals surface area contributed by atoms with Crippen molar-refractivity contribution < 1.29 is 9.21 Å². The molecule has 0 amide bonds. The maximum Gasteiger partial charge on any atom is 0.198 e. The molecule has 0 aliphatic rings. The standard InChI is InChI=1S/C16H13NO2/c18-14(9-8-13-6-3-4-10-17-13)16-11-12-5-1-2-7-15(12)19-16/h1-7,10-11H,8-9H2. The Balaban J connectivity index is 1.73. The van der Waals surface area contributed by atoms with Crippen molar-refractivity contribution in [3.05, 3.63) is 66.2 Å². The zero-order chi connectivity index (χ0) is 13.1. The zero-order valence-corrected chi connectivity index (χ0v) is 10.4. The second kappa shape index (κ2) is 5.06. The van der Waals surface area contributed by atoms with Crippen LogP contribution in [0.1, 0.15) is 22.7 Å². The number of nitrogens with zero attached hydrogens (tertiary/aromatic N) is 1. The van der Waals surface area contributed by atoms with Crippen molar-refractivity contribution in [3.8, 4) is 0 Å². The van der Waals surface area contributed by atoms with Crippen LogP contribution in [-0.4, -0.2) is 10.8 Å². The first kappa shape index (κ1) is 11.7. The van der Waals surface area contributed by atoms with E-state index < -0.39 is 0 Å². The number of fused-ring (bicyclic) bond motifs is 1. The molecular weight excluding hydrogens is 238 g/mol. The van der Waals surface area contributed by atoms with Crippen LogP contribution in [0.25, 0.3) is 11.0 Å². The van der Waals surface area contributed by atoms with Crippen LogP contribution in [0.2, 0.25) is 0 Å². The van der Waals surface area contributed by atoms with Gasteiger partial charge in [-0.15, -0.1) is 0 Å². The molecular formula is C16H13NO2. The quantitative estimate of drug-likeness (QED) is 0.665. The summed E-state index contributed by atoms with van der Waals surface area (Å²) in [4.78, 5) is 16.3. The number of para-hydroxylation sites is 1. The molecule has 19 heavy (non-hydrogen) atoms. The van der Waals surface area contributed by atoms with E-state index in [0.717, 1.165) is 16.7 Å². The highest BCUT2D eigenvalue weighted by molar-refractivity contribution is 5.97. The molecule has 2 heterocycles. The van der Waals surface area contributed by atoms with Crippen LogP contribution in [-0.2, 0) is 6.42 Å². The molecule has 0 atom stereocenters. The van der Waals surface area contributed by atoms with E-state index in [1.54, 1.807) is 12.3 Å². The molecule has 2 aromatic heterocycles. The molecule has 0 unspecified atom stereocenters. The molecule has 3 rings (SSSR count). The van der Waals surface area contributed by atoms with Gasteiger partial charge in [-0.1, -0.05) is 24.3 Å². The number of pyridine rings is 1. The van der Waals surface area contributed by atoms with E-state index in [2.05, 4.69) is 4.98 Å². The van der Waals surface area contributed by atoms with Gasteiger partial charge in [-0.2, -0.15) is 0 Å². The minimum absolute atomic E-state index is 0.0156. The fourth-order valence-corrected chi connectivity index (χ4v) is 2.03. The Morgan fingerprint density at radius 3 is 2.74 bits per heavy atom. The van der Waals surface area contributed by atoms with Crippen LogP contribution in [0.4, 0.5) is 0 Å². The van der Waals surface area contributed by atoms with Gasteiger partial charge >= 0.3 is 0 Å². The largest absolute Gasteiger partial charge is 0.453 e. The Morgan fingerprint density at radius 2 is 1.95 bits per heavy atom. The summed E-state index contributed by atoms with van der Waals surface area (Å²) in [7, 11) is 0. The molecule has 0 saturated heterocycles. The van der Waals surface area contributed by atoms with E-state index in [1.807, 2.05) is 42.5 Å². The molecule has 0 aliphatic carbocycles. The number of aryl methyl sites for hydroxylation is 1. The maximum atomic E-state index is 12.1. The molecule has 3 aromatic rings. The minimum atomic E-state index is 0.0156. The maximum absolute atomic E-state index is 12.1. The third-order valence-corrected chi connectivity index (χ3v) is 3.03. The van der Waals surface area contributed by atoms with E-state index in [-0.39, 0.29) is 5.78 Å². The van der Waals surface area contributed by atoms with Crippen molar-refractivity contribution in [1.82, 2.24) is 4.98 Å². The smallest absolute Gasteiger partial charge is 0.198 e. The molecule has 0 spiro atoms. The molecule has 1 aromatic carbocycles. The van der Waals surface area contributed by atoms with Crippen molar-refractivity contribution in [3.63, 3.8) is 0 Å². The summed E-state index contributed by atoms with van der Waals surface area (Å²) in [5, 5.41) is 0.962. The number of aromatic nitrogens is 1. The van der Waals surface area contributed by atoms with Crippen LogP contribution in [0.3, 0.4) is 0 Å². The van der Waals surface area contributed by atoms with Crippen LogP contribution < -0.4 is 0 Å². The summed E-state index contributed by atoms with van der Waals surface area (Å²) >= 11 is 0. The fourth-order valence-electron chi connectivity index (χ4n) is 2.03. The Bertz CT molecular complexity index is 668. The molecule has 0 aliphatic heterocycles. The van der Waals surface area contributed by atoms with Gasteiger partial charge in [0.05, 0.1) is 0 Å². The molecule has 0 radical (unpaired) electrons. The second-order valence-electron chi connectivity index (χ2n) is 4.39. The minimum Gasteiger partial charge on any atom is -0.453 e. The Morgan fingerprint density at radius 1 is 1.11 bits per heavy atom. The summed E-state index contributed by atoms with van der Waals surface area (Å²) in [6.45, 7) is 0. The van der Waals surface area contributed by atoms with Gasteiger partial charge < -0.3 is 4.42 Å². The first-order valence-electron chi connectivity index (χ1n) is 6.24. The first-order valence-corrected chi connectivity index (χ1v) is 6.24. The van der Waals surface area contributed by atoms with Gasteiger partial charge in [0.25, 0.3) is 0 Å². The van der Waals surface area contributed by atoms with E-state index in [0.29, 0.717) is 18.6 Å². The summed E-state index contributed by atoms with van der Waals surface area (Å²) in [5.74, 6) is 0.444. The highest BCUT2D eigenvalue weighted by Crippen LogP contribution is 2.20. The number of hydrogen-bond donors (Lipinski definition) is 0. The molecule has 3 nitrogen and oxygen atoms in total. The monoisotopic (exact) mass is 251 g/mol.